The molecule has 0 amide bonds. The fourth-order valence-corrected chi connectivity index (χ4v) is 5.87. The zero-order valence-electron chi connectivity index (χ0n) is 18.4. The predicted octanol–water partition coefficient (Wildman–Crippen LogP) is 7.19. The van der Waals surface area contributed by atoms with Crippen LogP contribution in [0.25, 0.3) is 0 Å². The van der Waals surface area contributed by atoms with Gasteiger partial charge in [0.1, 0.15) is 0 Å². The third-order valence-corrected chi connectivity index (χ3v) is 6.33. The van der Waals surface area contributed by atoms with Gasteiger partial charge in [0.15, 0.2) is 0 Å². The largest absolute Gasteiger partial charge is 0.326 e. The molecule has 0 aromatic rings. The van der Waals surface area contributed by atoms with Crippen molar-refractivity contribution in [3.05, 3.63) is 0 Å². The fraction of sp³-hybridized carbons (Fsp3) is 1.00. The first-order valence-corrected chi connectivity index (χ1v) is 10.4. The predicted molar refractivity (Wildman–Crippen MR) is 109 cm³/mol. The Morgan fingerprint density at radius 2 is 1.00 bits per heavy atom. The topological polar surface area (TPSA) is 26.0 Å². The Hall–Kier alpha value is -0.0400. The molecule has 0 radical (unpaired) electrons. The van der Waals surface area contributed by atoms with Gasteiger partial charge in [0.2, 0.25) is 0 Å². The highest BCUT2D eigenvalue weighted by atomic mass is 14.7. The Kier molecular flexibility index (Phi) is 7.04. The molecule has 0 aromatic heterocycles. The van der Waals surface area contributed by atoms with E-state index >= 15 is 0 Å². The van der Waals surface area contributed by atoms with Crippen molar-refractivity contribution in [2.45, 2.75) is 119 Å². The molecule has 1 saturated carbocycles. The van der Waals surface area contributed by atoms with Gasteiger partial charge in [-0.25, -0.2) is 0 Å². The van der Waals surface area contributed by atoms with Crippen LogP contribution in [0.5, 0.6) is 0 Å². The van der Waals surface area contributed by atoms with E-state index in [0.29, 0.717) is 16.2 Å². The number of hydrogen-bond acceptors (Lipinski definition) is 1. The Labute approximate surface area is 153 Å². The van der Waals surface area contributed by atoms with Gasteiger partial charge in [0, 0.05) is 5.54 Å². The van der Waals surface area contributed by atoms with E-state index in [1.807, 2.05) is 0 Å². The third-order valence-electron chi connectivity index (χ3n) is 6.33. The van der Waals surface area contributed by atoms with Crippen LogP contribution in [0.15, 0.2) is 0 Å². The summed E-state index contributed by atoms with van der Waals surface area (Å²) in [6.45, 7) is 21.5. The monoisotopic (exact) mass is 337 g/mol. The summed E-state index contributed by atoms with van der Waals surface area (Å²) in [6, 6.07) is 0. The molecule has 0 aliphatic heterocycles. The lowest BCUT2D eigenvalue weighted by atomic mass is 9.62. The second kappa shape index (κ2) is 7.68. The molecule has 144 valence electrons. The highest BCUT2D eigenvalue weighted by Gasteiger charge is 2.38. The fourth-order valence-electron chi connectivity index (χ4n) is 5.87. The van der Waals surface area contributed by atoms with Crippen LogP contribution in [0.2, 0.25) is 0 Å². The summed E-state index contributed by atoms with van der Waals surface area (Å²) >= 11 is 0. The molecule has 0 saturated heterocycles. The minimum absolute atomic E-state index is 0.0588. The zero-order chi connectivity index (χ0) is 18.8. The Morgan fingerprint density at radius 1 is 0.625 bits per heavy atom. The van der Waals surface area contributed by atoms with Crippen molar-refractivity contribution in [3.63, 3.8) is 0 Å². The first kappa shape index (κ1) is 22.0. The molecule has 2 unspecified atom stereocenters. The summed E-state index contributed by atoms with van der Waals surface area (Å²) in [7, 11) is 0. The standard InChI is InChI=1S/C23H47N/c1-20(2,3)16-21(4,5)18-12-10-11-13-19(15-14-18)22(6,7)17-23(8,9)24/h18-19H,10-17,24H2,1-9H3. The molecule has 0 bridgehead atoms. The molecule has 1 nitrogen and oxygen atoms in total. The van der Waals surface area contributed by atoms with E-state index in [4.69, 9.17) is 5.73 Å². The number of rotatable bonds is 5. The van der Waals surface area contributed by atoms with Crippen LogP contribution in [-0.2, 0) is 0 Å². The van der Waals surface area contributed by atoms with Crippen LogP contribution < -0.4 is 5.73 Å². The lowest BCUT2D eigenvalue weighted by molar-refractivity contribution is 0.0725. The van der Waals surface area contributed by atoms with Gasteiger partial charge in [-0.2, -0.15) is 0 Å². The normalized spacial score (nSPS) is 25.2. The molecule has 0 heterocycles. The first-order valence-electron chi connectivity index (χ1n) is 10.4. The van der Waals surface area contributed by atoms with Gasteiger partial charge in [-0.05, 0) is 80.5 Å². The van der Waals surface area contributed by atoms with E-state index in [1.165, 1.54) is 44.9 Å². The molecule has 2 atom stereocenters. The minimum Gasteiger partial charge on any atom is -0.326 e. The van der Waals surface area contributed by atoms with E-state index in [0.717, 1.165) is 18.3 Å². The zero-order valence-corrected chi connectivity index (χ0v) is 18.4. The second-order valence-electron chi connectivity index (χ2n) is 12.1. The smallest absolute Gasteiger partial charge is 0.0102 e. The maximum absolute atomic E-state index is 6.36. The Balaban J connectivity index is 2.79. The van der Waals surface area contributed by atoms with Gasteiger partial charge in [-0.3, -0.25) is 0 Å². The van der Waals surface area contributed by atoms with Crippen molar-refractivity contribution >= 4 is 0 Å². The Bertz CT molecular complexity index is 340. The third kappa shape index (κ3) is 7.46. The summed E-state index contributed by atoms with van der Waals surface area (Å²) in [5.74, 6) is 1.70. The van der Waals surface area contributed by atoms with Crippen molar-refractivity contribution in [3.8, 4) is 0 Å². The lowest BCUT2D eigenvalue weighted by Gasteiger charge is -2.44. The van der Waals surface area contributed by atoms with E-state index in [9.17, 15) is 0 Å². The van der Waals surface area contributed by atoms with Crippen LogP contribution in [0.3, 0.4) is 0 Å². The molecule has 0 spiro atoms. The van der Waals surface area contributed by atoms with Crippen molar-refractivity contribution in [1.82, 2.24) is 0 Å². The number of hydrogen-bond donors (Lipinski definition) is 1. The van der Waals surface area contributed by atoms with Crippen molar-refractivity contribution in [2.24, 2.45) is 33.8 Å². The highest BCUT2D eigenvalue weighted by Crippen LogP contribution is 2.48. The molecule has 1 fully saturated rings. The van der Waals surface area contributed by atoms with Crippen LogP contribution in [0.4, 0.5) is 0 Å². The van der Waals surface area contributed by atoms with Crippen molar-refractivity contribution in [2.75, 3.05) is 0 Å². The SMILES string of the molecule is CC(C)(C)CC(C)(C)C1CCCCC(C(C)(C)CC(C)(C)N)CC1. The average Bonchev–Trinajstić information content (AvgIpc) is 2.19. The van der Waals surface area contributed by atoms with Crippen LogP contribution in [0.1, 0.15) is 114 Å². The average molecular weight is 338 g/mol. The summed E-state index contributed by atoms with van der Waals surface area (Å²) in [4.78, 5) is 0. The van der Waals surface area contributed by atoms with E-state index < -0.39 is 0 Å². The van der Waals surface area contributed by atoms with Gasteiger partial charge in [-0.1, -0.05) is 61.3 Å². The molecule has 1 aliphatic carbocycles. The van der Waals surface area contributed by atoms with E-state index in [2.05, 4.69) is 62.3 Å². The maximum atomic E-state index is 6.36. The molecule has 1 aliphatic rings. The van der Waals surface area contributed by atoms with Crippen LogP contribution in [-0.4, -0.2) is 5.54 Å². The van der Waals surface area contributed by atoms with E-state index in [-0.39, 0.29) is 5.54 Å². The van der Waals surface area contributed by atoms with E-state index in [1.54, 1.807) is 0 Å². The molecule has 2 N–H and O–H groups in total. The summed E-state index contributed by atoms with van der Waals surface area (Å²) < 4.78 is 0. The second-order valence-corrected chi connectivity index (χ2v) is 12.1. The summed E-state index contributed by atoms with van der Waals surface area (Å²) in [5.41, 5.74) is 7.54. The number of nitrogens with two attached hydrogens (primary N) is 1. The van der Waals surface area contributed by atoms with Crippen LogP contribution in [0, 0.1) is 28.1 Å². The summed E-state index contributed by atoms with van der Waals surface area (Å²) in [6.07, 6.45) is 10.9. The first-order chi connectivity index (χ1) is 10.6. The van der Waals surface area contributed by atoms with Crippen molar-refractivity contribution < 1.29 is 0 Å². The molecule has 1 heteroatoms. The van der Waals surface area contributed by atoms with Gasteiger partial charge in [-0.15, -0.1) is 0 Å². The molecular weight excluding hydrogens is 290 g/mol. The Morgan fingerprint density at radius 3 is 1.33 bits per heavy atom. The lowest BCUT2D eigenvalue weighted by Crippen LogP contribution is -2.41. The van der Waals surface area contributed by atoms with Crippen molar-refractivity contribution in [1.29, 1.82) is 0 Å². The minimum atomic E-state index is -0.0588. The van der Waals surface area contributed by atoms with Gasteiger partial charge >= 0.3 is 0 Å². The molecular formula is C23H47N. The molecule has 24 heavy (non-hydrogen) atoms. The van der Waals surface area contributed by atoms with Gasteiger partial charge in [0.25, 0.3) is 0 Å². The quantitative estimate of drug-likeness (QED) is 0.564. The highest BCUT2D eigenvalue weighted by molar-refractivity contribution is 4.90. The molecule has 1 rings (SSSR count). The van der Waals surface area contributed by atoms with Crippen LogP contribution >= 0.6 is 0 Å². The molecule has 0 aromatic carbocycles. The van der Waals surface area contributed by atoms with Gasteiger partial charge < -0.3 is 5.73 Å². The van der Waals surface area contributed by atoms with Gasteiger partial charge in [0.05, 0.1) is 0 Å². The maximum Gasteiger partial charge on any atom is 0.0102 e. The summed E-state index contributed by atoms with van der Waals surface area (Å²) in [5, 5.41) is 0.